The fourth-order valence-corrected chi connectivity index (χ4v) is 8.04. The molecular formula is C49H77O15P. The molecule has 0 saturated carbocycles. The lowest BCUT2D eigenvalue weighted by Gasteiger charge is -2.36. The van der Waals surface area contributed by atoms with Gasteiger partial charge in [-0.1, -0.05) is 125 Å². The monoisotopic (exact) mass is 937 g/mol. The fourth-order valence-electron chi connectivity index (χ4n) is 7.07. The maximum atomic E-state index is 13.6. The number of carbonyl (C=O) groups excluding carboxylic acids is 3. The number of fused-ring (bicyclic) bond motifs is 4. The van der Waals surface area contributed by atoms with Crippen LogP contribution in [0.1, 0.15) is 129 Å². The summed E-state index contributed by atoms with van der Waals surface area (Å²) in [4.78, 5) is 50.0. The van der Waals surface area contributed by atoms with Crippen molar-refractivity contribution in [3.05, 3.63) is 85.1 Å². The smallest absolute Gasteiger partial charge is 0.462 e. The molecule has 11 atom stereocenters. The molecule has 0 aromatic rings. The molecule has 2 bridgehead atoms. The molecule has 1 heterocycles. The van der Waals surface area contributed by atoms with E-state index < -0.39 is 99.4 Å². The topological polar surface area (TPSA) is 247 Å². The van der Waals surface area contributed by atoms with E-state index in [1.165, 1.54) is 18.2 Å². The van der Waals surface area contributed by atoms with Crippen LogP contribution in [-0.2, 0) is 37.5 Å². The lowest BCUT2D eigenvalue weighted by atomic mass is 9.87. The molecule has 2 rings (SSSR count). The van der Waals surface area contributed by atoms with Crippen molar-refractivity contribution in [3.8, 4) is 0 Å². The lowest BCUT2D eigenvalue weighted by molar-refractivity contribution is -0.164. The Kier molecular flexibility index (Phi) is 30.2. The molecule has 0 radical (unpaired) electrons. The number of hydrogen-bond acceptors (Lipinski definition) is 14. The summed E-state index contributed by atoms with van der Waals surface area (Å²) < 4.78 is 34.7. The van der Waals surface area contributed by atoms with E-state index in [9.17, 15) is 54.5 Å². The largest absolute Gasteiger partial charge is 0.472 e. The number of ketones is 1. The van der Waals surface area contributed by atoms with E-state index in [1.54, 1.807) is 12.2 Å². The minimum atomic E-state index is -5.43. The van der Waals surface area contributed by atoms with Crippen molar-refractivity contribution in [1.82, 2.24) is 0 Å². The predicted octanol–water partition coefficient (Wildman–Crippen LogP) is 6.89. The highest BCUT2D eigenvalue weighted by atomic mass is 31.2. The van der Waals surface area contributed by atoms with Crippen molar-refractivity contribution in [2.45, 2.75) is 178 Å². The van der Waals surface area contributed by atoms with Gasteiger partial charge in [0.05, 0.1) is 30.8 Å². The van der Waals surface area contributed by atoms with Crippen molar-refractivity contribution < 1.29 is 73.0 Å². The average Bonchev–Trinajstić information content (AvgIpc) is 3.28. The third-order valence-electron chi connectivity index (χ3n) is 11.0. The molecule has 16 heteroatoms. The maximum absolute atomic E-state index is 13.6. The molecule has 2 aliphatic rings. The second-order valence-corrected chi connectivity index (χ2v) is 17.9. The van der Waals surface area contributed by atoms with Gasteiger partial charge in [0.15, 0.2) is 11.9 Å². The van der Waals surface area contributed by atoms with Crippen LogP contribution in [0.5, 0.6) is 0 Å². The number of allylic oxidation sites excluding steroid dienone is 11. The van der Waals surface area contributed by atoms with E-state index in [0.717, 1.165) is 70.3 Å². The highest BCUT2D eigenvalue weighted by Crippen LogP contribution is 2.47. The Balaban J connectivity index is 2.16. The van der Waals surface area contributed by atoms with E-state index >= 15 is 0 Å². The van der Waals surface area contributed by atoms with Crippen molar-refractivity contribution in [3.63, 3.8) is 0 Å². The van der Waals surface area contributed by atoms with Crippen LogP contribution in [0.4, 0.5) is 0 Å². The molecule has 0 saturated heterocycles. The zero-order valence-electron chi connectivity index (χ0n) is 38.3. The summed E-state index contributed by atoms with van der Waals surface area (Å²) in [7, 11) is -5.43. The van der Waals surface area contributed by atoms with E-state index in [4.69, 9.17) is 18.5 Å². The number of esters is 2. The molecule has 1 aliphatic heterocycles. The number of phosphoric acid groups is 1. The molecule has 0 spiro atoms. The van der Waals surface area contributed by atoms with Gasteiger partial charge in [0, 0.05) is 18.8 Å². The van der Waals surface area contributed by atoms with Crippen molar-refractivity contribution in [2.24, 2.45) is 11.8 Å². The van der Waals surface area contributed by atoms with E-state index in [1.807, 2.05) is 6.92 Å². The summed E-state index contributed by atoms with van der Waals surface area (Å²) in [5.74, 6) is -4.71. The van der Waals surface area contributed by atoms with Crippen LogP contribution in [0.25, 0.3) is 0 Å². The standard InChI is InChI=1S/C49H77O15P/c1-3-5-7-8-9-10-11-12-13-14-15-16-17-18-19-20-26-30-43(53)63-39-35-61-42(52)29-25-22-21-24-27-37-31-34-41(51)40(33-32-38(50)28-23-6-4-2)45(55)47(57)49(48(58)46(56)44(37)54)64-65(59,60)62-36-39/h5,7,9-10,12-13,15-16,21,24,31-34,37-40,44-50,54-58H,3-4,6,8,11,14,17-20,22-23,25-30,35-36H2,1-2H3,(H,59,60)/b7-5-,10-9-,13-12-,16-15-,24-21-,33-32+,34-31-/t37-,38-,39+,40-,44+,45+,46-,47+,48+,49+/m0/s1. The Morgan fingerprint density at radius 2 is 1.48 bits per heavy atom. The molecule has 7 N–H and O–H groups in total. The highest BCUT2D eigenvalue weighted by molar-refractivity contribution is 7.47. The zero-order valence-corrected chi connectivity index (χ0v) is 39.2. The van der Waals surface area contributed by atoms with Crippen LogP contribution in [0.3, 0.4) is 0 Å². The van der Waals surface area contributed by atoms with Crippen molar-refractivity contribution in [2.75, 3.05) is 13.2 Å². The second kappa shape index (κ2) is 34.0. The number of aliphatic hydroxyl groups excluding tert-OH is 6. The molecule has 0 fully saturated rings. The predicted molar refractivity (Wildman–Crippen MR) is 248 cm³/mol. The molecule has 0 aromatic heterocycles. The Morgan fingerprint density at radius 3 is 2.17 bits per heavy atom. The number of aliphatic hydroxyl groups is 6. The van der Waals surface area contributed by atoms with E-state index in [-0.39, 0.29) is 19.3 Å². The first-order valence-electron chi connectivity index (χ1n) is 23.4. The first-order chi connectivity index (χ1) is 31.2. The number of ether oxygens (including phenoxy) is 2. The molecule has 368 valence electrons. The summed E-state index contributed by atoms with van der Waals surface area (Å²) in [6.07, 6.45) is 20.9. The number of hydrogen-bond donors (Lipinski definition) is 7. The Labute approximate surface area is 385 Å². The van der Waals surface area contributed by atoms with Gasteiger partial charge in [0.25, 0.3) is 0 Å². The van der Waals surface area contributed by atoms with Crippen LogP contribution in [0.2, 0.25) is 0 Å². The number of unbranched alkanes of at least 4 members (excludes halogenated alkanes) is 6. The highest BCUT2D eigenvalue weighted by Gasteiger charge is 2.47. The Bertz CT molecular complexity index is 1620. The summed E-state index contributed by atoms with van der Waals surface area (Å²) in [6, 6.07) is 0. The number of rotatable bonds is 21. The van der Waals surface area contributed by atoms with Gasteiger partial charge in [-0.25, -0.2) is 4.57 Å². The summed E-state index contributed by atoms with van der Waals surface area (Å²) in [6.45, 7) is 2.71. The number of cyclic esters (lactones) is 1. The third-order valence-corrected chi connectivity index (χ3v) is 11.9. The first kappa shape index (κ1) is 57.8. The van der Waals surface area contributed by atoms with E-state index in [0.29, 0.717) is 32.1 Å². The SMILES string of the molecule is CC/C=C\C/C=C\C/C=C\C/C=C\CCCCCCC(=O)O[C@@H]1COC(=O)CCC/C=C\C[C@H]2/C=C\C(=O)[C@H](/C=C/[C@@H](O)CCCCC)[C@@H](O)[C@@H](O)[C@@H](OP(=O)(O)OC1)[C@H](O)[C@@H](O)[C@@H]2O. The van der Waals surface area contributed by atoms with Gasteiger partial charge in [0.1, 0.15) is 31.0 Å². The van der Waals surface area contributed by atoms with Crippen LogP contribution in [0, 0.1) is 11.8 Å². The molecule has 1 aliphatic carbocycles. The van der Waals surface area contributed by atoms with Gasteiger partial charge in [-0.2, -0.15) is 0 Å². The van der Waals surface area contributed by atoms with Gasteiger partial charge in [-0.05, 0) is 76.7 Å². The number of phosphoric ester groups is 1. The van der Waals surface area contributed by atoms with Gasteiger partial charge in [-0.3, -0.25) is 23.4 Å². The minimum Gasteiger partial charge on any atom is -0.462 e. The van der Waals surface area contributed by atoms with Gasteiger partial charge < -0.3 is 45.0 Å². The fraction of sp³-hybridized carbons (Fsp3) is 0.653. The molecule has 1 unspecified atom stereocenters. The summed E-state index contributed by atoms with van der Waals surface area (Å²) >= 11 is 0. The molecule has 15 nitrogen and oxygen atoms in total. The summed E-state index contributed by atoms with van der Waals surface area (Å²) in [5.41, 5.74) is 0. The summed E-state index contributed by atoms with van der Waals surface area (Å²) in [5, 5.41) is 67.0. The average molecular weight is 937 g/mol. The van der Waals surface area contributed by atoms with E-state index in [2.05, 4.69) is 55.5 Å². The third kappa shape index (κ3) is 24.8. The van der Waals surface area contributed by atoms with Crippen LogP contribution >= 0.6 is 7.82 Å². The lowest BCUT2D eigenvalue weighted by Crippen LogP contribution is -2.55. The molecule has 65 heavy (non-hydrogen) atoms. The first-order valence-corrected chi connectivity index (χ1v) is 24.9. The van der Waals surface area contributed by atoms with Gasteiger partial charge in [-0.15, -0.1) is 0 Å². The Hall–Kier alpha value is -3.34. The minimum absolute atomic E-state index is 0.00650. The molecule has 0 amide bonds. The van der Waals surface area contributed by atoms with Crippen molar-refractivity contribution >= 4 is 25.5 Å². The van der Waals surface area contributed by atoms with Crippen LogP contribution in [-0.4, -0.2) is 115 Å². The normalized spacial score (nSPS) is 31.0. The zero-order chi connectivity index (χ0) is 47.9. The second-order valence-electron chi connectivity index (χ2n) is 16.5. The quantitative estimate of drug-likeness (QED) is 0.0268. The number of carbonyl (C=O) groups is 3. The van der Waals surface area contributed by atoms with Gasteiger partial charge >= 0.3 is 19.8 Å². The van der Waals surface area contributed by atoms with Crippen LogP contribution in [0.15, 0.2) is 85.1 Å². The molecular weight excluding hydrogens is 859 g/mol. The van der Waals surface area contributed by atoms with Crippen molar-refractivity contribution in [1.29, 1.82) is 0 Å². The maximum Gasteiger partial charge on any atom is 0.472 e. The Morgan fingerprint density at radius 1 is 0.815 bits per heavy atom. The van der Waals surface area contributed by atoms with Crippen LogP contribution < -0.4 is 0 Å². The van der Waals surface area contributed by atoms with Gasteiger partial charge in [0.2, 0.25) is 0 Å². The molecule has 0 aromatic carbocycles.